The standard InChI is InChI=1S/C9H11NO5S/c1-14-8(13)9(15-2,7(11)12)3-6-4-16-5-10-6/h4-5H,3H2,1-2H3,(H,11,12). The highest BCUT2D eigenvalue weighted by atomic mass is 32.1. The molecule has 7 heteroatoms. The third-order valence-electron chi connectivity index (χ3n) is 2.12. The molecule has 0 fully saturated rings. The Kier molecular flexibility index (Phi) is 3.97. The highest BCUT2D eigenvalue weighted by molar-refractivity contribution is 7.07. The Bertz CT molecular complexity index is 377. The van der Waals surface area contributed by atoms with E-state index in [9.17, 15) is 9.59 Å². The van der Waals surface area contributed by atoms with Crippen LogP contribution in [0.25, 0.3) is 0 Å². The first kappa shape index (κ1) is 12.6. The lowest BCUT2D eigenvalue weighted by Gasteiger charge is -2.23. The van der Waals surface area contributed by atoms with Crippen LogP contribution >= 0.6 is 11.3 Å². The number of carboxylic acid groups (broad SMARTS) is 1. The van der Waals surface area contributed by atoms with Gasteiger partial charge in [0.1, 0.15) is 0 Å². The smallest absolute Gasteiger partial charge is 0.350 e. The zero-order chi connectivity index (χ0) is 12.2. The molecule has 0 aromatic carbocycles. The first-order valence-electron chi connectivity index (χ1n) is 4.31. The van der Waals surface area contributed by atoms with Crippen LogP contribution in [0.5, 0.6) is 0 Å². The van der Waals surface area contributed by atoms with Crippen molar-refractivity contribution < 1.29 is 24.2 Å². The van der Waals surface area contributed by atoms with Crippen molar-refractivity contribution in [3.05, 3.63) is 16.6 Å². The minimum Gasteiger partial charge on any atom is -0.479 e. The van der Waals surface area contributed by atoms with E-state index in [4.69, 9.17) is 9.84 Å². The molecule has 88 valence electrons. The molecule has 0 saturated carbocycles. The summed E-state index contributed by atoms with van der Waals surface area (Å²) in [6.45, 7) is 0. The second-order valence-electron chi connectivity index (χ2n) is 2.98. The number of rotatable bonds is 5. The maximum atomic E-state index is 11.5. The molecule has 0 saturated heterocycles. The number of methoxy groups -OCH3 is 2. The van der Waals surface area contributed by atoms with E-state index in [0.29, 0.717) is 5.69 Å². The third kappa shape index (κ3) is 2.20. The quantitative estimate of drug-likeness (QED) is 0.594. The molecule has 6 nitrogen and oxygen atoms in total. The van der Waals surface area contributed by atoms with Crippen molar-refractivity contribution in [2.24, 2.45) is 0 Å². The lowest BCUT2D eigenvalue weighted by molar-refractivity contribution is -0.182. The van der Waals surface area contributed by atoms with Gasteiger partial charge in [-0.2, -0.15) is 0 Å². The SMILES string of the molecule is COC(=O)C(Cc1cscn1)(OC)C(=O)O. The number of hydrogen-bond acceptors (Lipinski definition) is 6. The zero-order valence-electron chi connectivity index (χ0n) is 8.80. The van der Waals surface area contributed by atoms with Crippen molar-refractivity contribution in [2.45, 2.75) is 12.0 Å². The van der Waals surface area contributed by atoms with Gasteiger partial charge in [-0.25, -0.2) is 14.6 Å². The van der Waals surface area contributed by atoms with Crippen molar-refractivity contribution in [1.82, 2.24) is 4.98 Å². The molecule has 1 rings (SSSR count). The van der Waals surface area contributed by atoms with Crippen LogP contribution < -0.4 is 0 Å². The number of carboxylic acids is 1. The summed E-state index contributed by atoms with van der Waals surface area (Å²) in [5, 5.41) is 10.7. The van der Waals surface area contributed by atoms with Crippen LogP contribution in [0.4, 0.5) is 0 Å². The van der Waals surface area contributed by atoms with Crippen molar-refractivity contribution in [3.8, 4) is 0 Å². The molecule has 0 aliphatic heterocycles. The predicted molar refractivity (Wildman–Crippen MR) is 55.2 cm³/mol. The van der Waals surface area contributed by atoms with Crippen LogP contribution in [-0.4, -0.2) is 41.8 Å². The molecule has 1 aromatic rings. The number of nitrogens with zero attached hydrogens (tertiary/aromatic N) is 1. The van der Waals surface area contributed by atoms with Crippen molar-refractivity contribution >= 4 is 23.3 Å². The normalized spacial score (nSPS) is 14.1. The largest absolute Gasteiger partial charge is 0.479 e. The fraction of sp³-hybridized carbons (Fsp3) is 0.444. The van der Waals surface area contributed by atoms with Crippen LogP contribution in [0.2, 0.25) is 0 Å². The number of carbonyl (C=O) groups excluding carboxylic acids is 1. The molecular formula is C9H11NO5S. The van der Waals surface area contributed by atoms with Crippen LogP contribution in [0.1, 0.15) is 5.69 Å². The number of hydrogen-bond donors (Lipinski definition) is 1. The molecule has 0 aliphatic rings. The first-order valence-corrected chi connectivity index (χ1v) is 5.25. The average molecular weight is 245 g/mol. The van der Waals surface area contributed by atoms with E-state index in [1.54, 1.807) is 10.9 Å². The van der Waals surface area contributed by atoms with E-state index in [1.165, 1.54) is 11.3 Å². The lowest BCUT2D eigenvalue weighted by Crippen LogP contribution is -2.51. The second kappa shape index (κ2) is 5.04. The molecule has 0 aliphatic carbocycles. The molecule has 1 N–H and O–H groups in total. The molecule has 0 bridgehead atoms. The number of ether oxygens (including phenoxy) is 2. The highest BCUT2D eigenvalue weighted by Gasteiger charge is 2.48. The van der Waals surface area contributed by atoms with Gasteiger partial charge in [0.05, 0.1) is 18.3 Å². The summed E-state index contributed by atoms with van der Waals surface area (Å²) in [7, 11) is 2.26. The van der Waals surface area contributed by atoms with Gasteiger partial charge in [-0.1, -0.05) is 0 Å². The van der Waals surface area contributed by atoms with Crippen LogP contribution in [0, 0.1) is 0 Å². The molecule has 0 spiro atoms. The van der Waals surface area contributed by atoms with E-state index in [2.05, 4.69) is 9.72 Å². The van der Waals surface area contributed by atoms with Gasteiger partial charge in [-0.15, -0.1) is 11.3 Å². The summed E-state index contributed by atoms with van der Waals surface area (Å²) in [6.07, 6.45) is -0.158. The van der Waals surface area contributed by atoms with E-state index >= 15 is 0 Å². The van der Waals surface area contributed by atoms with Gasteiger partial charge in [-0.3, -0.25) is 0 Å². The molecule has 1 atom stereocenters. The molecule has 1 aromatic heterocycles. The van der Waals surface area contributed by atoms with E-state index in [0.717, 1.165) is 14.2 Å². The Morgan fingerprint density at radius 1 is 1.56 bits per heavy atom. The summed E-state index contributed by atoms with van der Waals surface area (Å²) >= 11 is 1.31. The summed E-state index contributed by atoms with van der Waals surface area (Å²) < 4.78 is 9.26. The van der Waals surface area contributed by atoms with Gasteiger partial charge >= 0.3 is 11.9 Å². The summed E-state index contributed by atoms with van der Waals surface area (Å²) in [6, 6.07) is 0. The van der Waals surface area contributed by atoms with E-state index in [-0.39, 0.29) is 6.42 Å². The number of esters is 1. The first-order chi connectivity index (χ1) is 7.56. The van der Waals surface area contributed by atoms with Gasteiger partial charge < -0.3 is 14.6 Å². The van der Waals surface area contributed by atoms with Crippen LogP contribution in [0.3, 0.4) is 0 Å². The zero-order valence-corrected chi connectivity index (χ0v) is 9.61. The Balaban J connectivity index is 3.03. The van der Waals surface area contributed by atoms with Crippen molar-refractivity contribution in [2.75, 3.05) is 14.2 Å². The van der Waals surface area contributed by atoms with Crippen molar-refractivity contribution in [1.29, 1.82) is 0 Å². The maximum absolute atomic E-state index is 11.5. The minimum absolute atomic E-state index is 0.158. The Labute approximate surface area is 95.8 Å². The second-order valence-corrected chi connectivity index (χ2v) is 3.70. The molecule has 1 unspecified atom stereocenters. The summed E-state index contributed by atoms with van der Waals surface area (Å²) in [4.78, 5) is 26.5. The monoisotopic (exact) mass is 245 g/mol. The van der Waals surface area contributed by atoms with Gasteiger partial charge in [0.2, 0.25) is 0 Å². The third-order valence-corrected chi connectivity index (χ3v) is 2.76. The Hall–Kier alpha value is -1.47. The summed E-state index contributed by atoms with van der Waals surface area (Å²) in [5.41, 5.74) is -0.00260. The molecule has 1 heterocycles. The molecule has 0 amide bonds. The van der Waals surface area contributed by atoms with Gasteiger partial charge in [-0.05, 0) is 0 Å². The fourth-order valence-electron chi connectivity index (χ4n) is 1.22. The fourth-order valence-corrected chi connectivity index (χ4v) is 1.78. The van der Waals surface area contributed by atoms with Gasteiger partial charge in [0.25, 0.3) is 5.60 Å². The number of aromatic nitrogens is 1. The Morgan fingerprint density at radius 2 is 2.25 bits per heavy atom. The van der Waals surface area contributed by atoms with Crippen LogP contribution in [0.15, 0.2) is 10.9 Å². The average Bonchev–Trinajstić information content (AvgIpc) is 2.77. The van der Waals surface area contributed by atoms with E-state index < -0.39 is 17.5 Å². The molecular weight excluding hydrogens is 234 g/mol. The number of carbonyl (C=O) groups is 2. The lowest BCUT2D eigenvalue weighted by atomic mass is 9.98. The van der Waals surface area contributed by atoms with Gasteiger partial charge in [0.15, 0.2) is 0 Å². The highest BCUT2D eigenvalue weighted by Crippen LogP contribution is 2.20. The minimum atomic E-state index is -2.02. The summed E-state index contributed by atoms with van der Waals surface area (Å²) in [5.74, 6) is -2.34. The van der Waals surface area contributed by atoms with Crippen molar-refractivity contribution in [3.63, 3.8) is 0 Å². The predicted octanol–water partition coefficient (Wildman–Crippen LogP) is 0.328. The molecule has 0 radical (unpaired) electrons. The van der Waals surface area contributed by atoms with Gasteiger partial charge in [0, 0.05) is 18.9 Å². The van der Waals surface area contributed by atoms with Crippen LogP contribution in [-0.2, 0) is 25.5 Å². The topological polar surface area (TPSA) is 85.7 Å². The molecule has 16 heavy (non-hydrogen) atoms. The van der Waals surface area contributed by atoms with E-state index in [1.807, 2.05) is 0 Å². The Morgan fingerprint density at radius 3 is 2.62 bits per heavy atom. The number of aliphatic carboxylic acids is 1. The maximum Gasteiger partial charge on any atom is 0.350 e. The number of thiazole rings is 1.